The van der Waals surface area contributed by atoms with Crippen molar-refractivity contribution < 1.29 is 34.1 Å². The van der Waals surface area contributed by atoms with E-state index in [1.807, 2.05) is 0 Å². The number of amides is 1. The standard InChI is InChI=1S/C11H18N2O7/c1-20-11(19)6(12)2-4-8(14)13-7(10(17)18)3-5-9(15)16/h6-7H,2-5,12H2,1H3,(H,13,14)(H,15,16)(H,17,18)/t6-,7+/m0/s1. The Balaban J connectivity index is 4.23. The van der Waals surface area contributed by atoms with E-state index in [0.717, 1.165) is 7.11 Å². The number of nitrogens with one attached hydrogen (secondary N) is 1. The number of carbonyl (C=O) groups excluding carboxylic acids is 2. The zero-order valence-electron chi connectivity index (χ0n) is 11.0. The Hall–Kier alpha value is -2.16. The molecule has 0 bridgehead atoms. The van der Waals surface area contributed by atoms with E-state index in [2.05, 4.69) is 10.1 Å². The van der Waals surface area contributed by atoms with Gasteiger partial charge in [-0.1, -0.05) is 0 Å². The monoisotopic (exact) mass is 290 g/mol. The van der Waals surface area contributed by atoms with Crippen LogP contribution in [0.2, 0.25) is 0 Å². The molecule has 0 spiro atoms. The van der Waals surface area contributed by atoms with E-state index in [-0.39, 0.29) is 25.7 Å². The highest BCUT2D eigenvalue weighted by Gasteiger charge is 2.22. The van der Waals surface area contributed by atoms with Crippen LogP contribution in [0.15, 0.2) is 0 Å². The van der Waals surface area contributed by atoms with Gasteiger partial charge in [0.25, 0.3) is 0 Å². The highest BCUT2D eigenvalue weighted by molar-refractivity contribution is 5.84. The quantitative estimate of drug-likeness (QED) is 0.382. The molecule has 114 valence electrons. The Morgan fingerprint density at radius 3 is 2.20 bits per heavy atom. The fraction of sp³-hybridized carbons (Fsp3) is 0.636. The molecule has 0 aromatic carbocycles. The minimum Gasteiger partial charge on any atom is -0.481 e. The Morgan fingerprint density at radius 2 is 1.75 bits per heavy atom. The summed E-state index contributed by atoms with van der Waals surface area (Å²) in [5.41, 5.74) is 5.42. The first-order valence-electron chi connectivity index (χ1n) is 5.85. The highest BCUT2D eigenvalue weighted by atomic mass is 16.5. The predicted molar refractivity (Wildman–Crippen MR) is 65.7 cm³/mol. The second kappa shape index (κ2) is 8.86. The normalized spacial score (nSPS) is 13.1. The van der Waals surface area contributed by atoms with Gasteiger partial charge in [-0.25, -0.2) is 4.79 Å². The van der Waals surface area contributed by atoms with Crippen LogP contribution in [0.1, 0.15) is 25.7 Å². The molecule has 0 fully saturated rings. The van der Waals surface area contributed by atoms with Crippen LogP contribution in [-0.2, 0) is 23.9 Å². The Morgan fingerprint density at radius 1 is 1.15 bits per heavy atom. The lowest BCUT2D eigenvalue weighted by molar-refractivity contribution is -0.144. The van der Waals surface area contributed by atoms with Crippen molar-refractivity contribution in [3.05, 3.63) is 0 Å². The first kappa shape index (κ1) is 17.8. The van der Waals surface area contributed by atoms with E-state index in [0.29, 0.717) is 0 Å². The van der Waals surface area contributed by atoms with Crippen LogP contribution in [0.5, 0.6) is 0 Å². The maximum absolute atomic E-state index is 11.5. The van der Waals surface area contributed by atoms with Gasteiger partial charge < -0.3 is 26.0 Å². The molecule has 0 saturated carbocycles. The van der Waals surface area contributed by atoms with Crippen LogP contribution in [0, 0.1) is 0 Å². The summed E-state index contributed by atoms with van der Waals surface area (Å²) in [6.45, 7) is 0. The smallest absolute Gasteiger partial charge is 0.326 e. The van der Waals surface area contributed by atoms with Gasteiger partial charge in [-0.05, 0) is 12.8 Å². The highest BCUT2D eigenvalue weighted by Crippen LogP contribution is 2.01. The summed E-state index contributed by atoms with van der Waals surface area (Å²) in [6.07, 6.45) is -0.755. The first-order chi connectivity index (χ1) is 9.27. The molecule has 0 saturated heterocycles. The number of rotatable bonds is 9. The van der Waals surface area contributed by atoms with E-state index in [4.69, 9.17) is 15.9 Å². The minimum absolute atomic E-state index is 0.00375. The lowest BCUT2D eigenvalue weighted by Gasteiger charge is -2.14. The number of carboxylic acids is 2. The van der Waals surface area contributed by atoms with Gasteiger partial charge >= 0.3 is 17.9 Å². The van der Waals surface area contributed by atoms with Crippen molar-refractivity contribution in [2.24, 2.45) is 5.73 Å². The summed E-state index contributed by atoms with van der Waals surface area (Å²) in [5.74, 6) is -3.77. The number of ether oxygens (including phenoxy) is 1. The number of aliphatic carboxylic acids is 2. The Labute approximate surface area is 115 Å². The third kappa shape index (κ3) is 7.31. The molecule has 0 heterocycles. The van der Waals surface area contributed by atoms with E-state index in [1.54, 1.807) is 0 Å². The van der Waals surface area contributed by atoms with Gasteiger partial charge in [0.2, 0.25) is 5.91 Å². The second-order valence-electron chi connectivity index (χ2n) is 4.06. The molecule has 0 aromatic heterocycles. The number of methoxy groups -OCH3 is 1. The number of carbonyl (C=O) groups is 4. The van der Waals surface area contributed by atoms with Crippen LogP contribution in [0.25, 0.3) is 0 Å². The lowest BCUT2D eigenvalue weighted by atomic mass is 10.1. The molecule has 5 N–H and O–H groups in total. The summed E-state index contributed by atoms with van der Waals surface area (Å²) in [6, 6.07) is -2.25. The van der Waals surface area contributed by atoms with Crippen molar-refractivity contribution in [2.45, 2.75) is 37.8 Å². The summed E-state index contributed by atoms with van der Waals surface area (Å²) in [4.78, 5) is 43.7. The fourth-order valence-corrected chi connectivity index (χ4v) is 1.35. The van der Waals surface area contributed by atoms with Crippen molar-refractivity contribution in [1.82, 2.24) is 5.32 Å². The van der Waals surface area contributed by atoms with E-state index < -0.39 is 35.9 Å². The molecule has 20 heavy (non-hydrogen) atoms. The first-order valence-corrected chi connectivity index (χ1v) is 5.85. The van der Waals surface area contributed by atoms with Crippen LogP contribution in [-0.4, -0.2) is 53.2 Å². The molecule has 0 aromatic rings. The molecule has 9 heteroatoms. The zero-order valence-corrected chi connectivity index (χ0v) is 11.0. The van der Waals surface area contributed by atoms with Gasteiger partial charge in [0.1, 0.15) is 12.1 Å². The molecule has 0 aliphatic rings. The Bertz CT molecular complexity index is 383. The maximum Gasteiger partial charge on any atom is 0.326 e. The van der Waals surface area contributed by atoms with Crippen molar-refractivity contribution in [3.8, 4) is 0 Å². The molecule has 1 amide bonds. The molecule has 0 aliphatic carbocycles. The average Bonchev–Trinajstić information content (AvgIpc) is 2.39. The molecule has 9 nitrogen and oxygen atoms in total. The van der Waals surface area contributed by atoms with Crippen LogP contribution < -0.4 is 11.1 Å². The van der Waals surface area contributed by atoms with Gasteiger partial charge in [0, 0.05) is 12.8 Å². The molecular formula is C11H18N2O7. The fourth-order valence-electron chi connectivity index (χ4n) is 1.35. The van der Waals surface area contributed by atoms with Crippen molar-refractivity contribution in [2.75, 3.05) is 7.11 Å². The van der Waals surface area contributed by atoms with Gasteiger partial charge in [0.15, 0.2) is 0 Å². The zero-order chi connectivity index (χ0) is 15.7. The largest absolute Gasteiger partial charge is 0.481 e. The van der Waals surface area contributed by atoms with E-state index in [9.17, 15) is 19.2 Å². The van der Waals surface area contributed by atoms with Crippen molar-refractivity contribution in [1.29, 1.82) is 0 Å². The molecular weight excluding hydrogens is 272 g/mol. The number of esters is 1. The molecule has 0 unspecified atom stereocenters. The van der Waals surface area contributed by atoms with Crippen LogP contribution >= 0.6 is 0 Å². The summed E-state index contributed by atoms with van der Waals surface area (Å²) < 4.78 is 4.37. The number of hydrogen-bond acceptors (Lipinski definition) is 6. The third-order valence-electron chi connectivity index (χ3n) is 2.47. The van der Waals surface area contributed by atoms with E-state index in [1.165, 1.54) is 0 Å². The lowest BCUT2D eigenvalue weighted by Crippen LogP contribution is -2.42. The van der Waals surface area contributed by atoms with Crippen LogP contribution in [0.4, 0.5) is 0 Å². The molecule has 0 rings (SSSR count). The van der Waals surface area contributed by atoms with Gasteiger partial charge in [0.05, 0.1) is 7.11 Å². The molecule has 2 atom stereocenters. The number of nitrogens with two attached hydrogens (primary N) is 1. The van der Waals surface area contributed by atoms with E-state index >= 15 is 0 Å². The summed E-state index contributed by atoms with van der Waals surface area (Å²) >= 11 is 0. The average molecular weight is 290 g/mol. The predicted octanol–water partition coefficient (Wildman–Crippen LogP) is -1.30. The summed E-state index contributed by atoms with van der Waals surface area (Å²) in [5, 5.41) is 19.5. The summed E-state index contributed by atoms with van der Waals surface area (Å²) in [7, 11) is 1.16. The number of carboxylic acid groups (broad SMARTS) is 2. The van der Waals surface area contributed by atoms with Crippen molar-refractivity contribution in [3.63, 3.8) is 0 Å². The van der Waals surface area contributed by atoms with Gasteiger partial charge in [-0.15, -0.1) is 0 Å². The topological polar surface area (TPSA) is 156 Å². The Kier molecular flexibility index (Phi) is 7.90. The van der Waals surface area contributed by atoms with Crippen molar-refractivity contribution >= 4 is 23.8 Å². The van der Waals surface area contributed by atoms with Gasteiger partial charge in [-0.3, -0.25) is 14.4 Å². The van der Waals surface area contributed by atoms with Gasteiger partial charge in [-0.2, -0.15) is 0 Å². The van der Waals surface area contributed by atoms with Crippen LogP contribution in [0.3, 0.4) is 0 Å². The third-order valence-corrected chi connectivity index (χ3v) is 2.47. The molecule has 0 aliphatic heterocycles. The SMILES string of the molecule is COC(=O)[C@@H](N)CCC(=O)N[C@H](CCC(=O)O)C(=O)O. The second-order valence-corrected chi connectivity index (χ2v) is 4.06. The number of hydrogen-bond donors (Lipinski definition) is 4. The maximum atomic E-state index is 11.5. The minimum atomic E-state index is -1.32. The molecule has 0 radical (unpaired) electrons.